The predicted octanol–water partition coefficient (Wildman–Crippen LogP) is 1.20. The van der Waals surface area contributed by atoms with Gasteiger partial charge in [-0.25, -0.2) is 8.42 Å². The highest BCUT2D eigenvalue weighted by Crippen LogP contribution is 2.16. The summed E-state index contributed by atoms with van der Waals surface area (Å²) < 4.78 is 30.2. The van der Waals surface area contributed by atoms with Crippen molar-refractivity contribution in [3.63, 3.8) is 0 Å². The van der Waals surface area contributed by atoms with Crippen LogP contribution in [0.4, 0.5) is 0 Å². The zero-order valence-corrected chi connectivity index (χ0v) is 10.9. The van der Waals surface area contributed by atoms with E-state index in [1.165, 1.54) is 17.7 Å². The van der Waals surface area contributed by atoms with Gasteiger partial charge in [0.05, 0.1) is 11.4 Å². The number of benzene rings is 1. The van der Waals surface area contributed by atoms with E-state index in [9.17, 15) is 8.42 Å². The molecule has 0 saturated heterocycles. The fourth-order valence-corrected chi connectivity index (χ4v) is 2.56. The van der Waals surface area contributed by atoms with Crippen molar-refractivity contribution in [2.24, 2.45) is 0 Å². The van der Waals surface area contributed by atoms with Crippen molar-refractivity contribution in [2.45, 2.75) is 18.4 Å². The minimum Gasteiger partial charge on any atom is -0.343 e. The molecule has 2 aromatic rings. The molecule has 0 aliphatic carbocycles. The lowest BCUT2D eigenvalue weighted by Gasteiger charge is -2.15. The molecule has 0 spiro atoms. The standard InChI is InChI=1S/C11H13N3O3S/c1-9-3-5-10(6-4-9)18(15,16)14(2)7-11-12-8-17-13-11/h3-6,8H,7H2,1-2H3. The van der Waals surface area contributed by atoms with Crippen molar-refractivity contribution in [3.05, 3.63) is 42.0 Å². The summed E-state index contributed by atoms with van der Waals surface area (Å²) in [6, 6.07) is 6.68. The van der Waals surface area contributed by atoms with Crippen LogP contribution >= 0.6 is 0 Å². The van der Waals surface area contributed by atoms with Crippen LogP contribution in [0.2, 0.25) is 0 Å². The molecule has 1 aromatic carbocycles. The van der Waals surface area contributed by atoms with Gasteiger partial charge < -0.3 is 4.52 Å². The number of hydrogen-bond acceptors (Lipinski definition) is 5. The molecule has 1 heterocycles. The van der Waals surface area contributed by atoms with Gasteiger partial charge in [-0.05, 0) is 19.1 Å². The summed E-state index contributed by atoms with van der Waals surface area (Å²) in [6.07, 6.45) is 1.17. The maximum Gasteiger partial charge on any atom is 0.243 e. The maximum atomic E-state index is 12.2. The van der Waals surface area contributed by atoms with Crippen LogP contribution < -0.4 is 0 Å². The molecule has 0 fully saturated rings. The third kappa shape index (κ3) is 2.57. The van der Waals surface area contributed by atoms with Crippen LogP contribution in [0.15, 0.2) is 40.1 Å². The van der Waals surface area contributed by atoms with Crippen molar-refractivity contribution in [2.75, 3.05) is 7.05 Å². The highest BCUT2D eigenvalue weighted by Gasteiger charge is 2.21. The molecule has 6 nitrogen and oxygen atoms in total. The van der Waals surface area contributed by atoms with E-state index in [0.29, 0.717) is 5.82 Å². The third-order valence-electron chi connectivity index (χ3n) is 2.50. The van der Waals surface area contributed by atoms with Gasteiger partial charge in [0.25, 0.3) is 0 Å². The molecular weight excluding hydrogens is 254 g/mol. The molecule has 0 atom stereocenters. The van der Waals surface area contributed by atoms with E-state index >= 15 is 0 Å². The van der Waals surface area contributed by atoms with Gasteiger partial charge in [-0.3, -0.25) is 0 Å². The van der Waals surface area contributed by atoms with Crippen molar-refractivity contribution >= 4 is 10.0 Å². The number of nitrogens with zero attached hydrogens (tertiary/aromatic N) is 3. The molecule has 0 bridgehead atoms. The molecule has 0 aliphatic rings. The van der Waals surface area contributed by atoms with Gasteiger partial charge >= 0.3 is 0 Å². The average molecular weight is 267 g/mol. The molecule has 0 unspecified atom stereocenters. The smallest absolute Gasteiger partial charge is 0.243 e. The van der Waals surface area contributed by atoms with Crippen LogP contribution in [0.25, 0.3) is 0 Å². The highest BCUT2D eigenvalue weighted by atomic mass is 32.2. The lowest BCUT2D eigenvalue weighted by molar-refractivity contribution is 0.394. The van der Waals surface area contributed by atoms with Gasteiger partial charge in [0.1, 0.15) is 0 Å². The molecule has 18 heavy (non-hydrogen) atoms. The van der Waals surface area contributed by atoms with Crippen molar-refractivity contribution in [3.8, 4) is 0 Å². The summed E-state index contributed by atoms with van der Waals surface area (Å²) in [5.74, 6) is 0.327. The lowest BCUT2D eigenvalue weighted by Crippen LogP contribution is -2.27. The Morgan fingerprint density at radius 3 is 2.50 bits per heavy atom. The summed E-state index contributed by atoms with van der Waals surface area (Å²) in [5, 5.41) is 3.59. The molecule has 1 aromatic heterocycles. The fourth-order valence-electron chi connectivity index (χ4n) is 1.44. The van der Waals surface area contributed by atoms with E-state index < -0.39 is 10.0 Å². The van der Waals surface area contributed by atoms with Gasteiger partial charge in [0.15, 0.2) is 5.82 Å². The number of sulfonamides is 1. The van der Waals surface area contributed by atoms with Crippen LogP contribution in [0.5, 0.6) is 0 Å². The molecule has 7 heteroatoms. The van der Waals surface area contributed by atoms with Gasteiger partial charge in [-0.15, -0.1) is 0 Å². The summed E-state index contributed by atoms with van der Waals surface area (Å²) in [5.41, 5.74) is 1.01. The fraction of sp³-hybridized carbons (Fsp3) is 0.273. The largest absolute Gasteiger partial charge is 0.343 e. The quantitative estimate of drug-likeness (QED) is 0.832. The minimum atomic E-state index is -3.52. The molecule has 0 amide bonds. The molecule has 0 radical (unpaired) electrons. The van der Waals surface area contributed by atoms with Gasteiger partial charge in [0.2, 0.25) is 16.4 Å². The number of hydrogen-bond donors (Lipinski definition) is 0. The first-order valence-corrected chi connectivity index (χ1v) is 6.72. The Kier molecular flexibility index (Phi) is 3.44. The zero-order chi connectivity index (χ0) is 13.2. The van der Waals surface area contributed by atoms with Crippen molar-refractivity contribution < 1.29 is 12.9 Å². The number of aryl methyl sites for hydroxylation is 1. The zero-order valence-electron chi connectivity index (χ0n) is 10.1. The van der Waals surface area contributed by atoms with E-state index in [1.54, 1.807) is 24.3 Å². The average Bonchev–Trinajstić information content (AvgIpc) is 2.82. The van der Waals surface area contributed by atoms with Gasteiger partial charge in [0, 0.05) is 7.05 Å². The first-order valence-electron chi connectivity index (χ1n) is 5.28. The molecule has 0 saturated carbocycles. The van der Waals surface area contributed by atoms with E-state index in [1.807, 2.05) is 6.92 Å². The molecule has 0 aliphatic heterocycles. The van der Waals surface area contributed by atoms with Gasteiger partial charge in [-0.2, -0.15) is 9.29 Å². The van der Waals surface area contributed by atoms with E-state index in [4.69, 9.17) is 0 Å². The first-order chi connectivity index (χ1) is 8.50. The number of aromatic nitrogens is 2. The summed E-state index contributed by atoms with van der Waals surface area (Å²) in [6.45, 7) is 1.98. The Hall–Kier alpha value is -1.73. The summed E-state index contributed by atoms with van der Waals surface area (Å²) in [4.78, 5) is 4.04. The van der Waals surface area contributed by atoms with Crippen LogP contribution in [-0.4, -0.2) is 29.9 Å². The Morgan fingerprint density at radius 1 is 1.28 bits per heavy atom. The molecular formula is C11H13N3O3S. The van der Waals surface area contributed by atoms with Crippen molar-refractivity contribution in [1.82, 2.24) is 14.4 Å². The van der Waals surface area contributed by atoms with Crippen molar-refractivity contribution in [1.29, 1.82) is 0 Å². The lowest BCUT2D eigenvalue weighted by atomic mass is 10.2. The predicted molar refractivity (Wildman–Crippen MR) is 64.1 cm³/mol. The maximum absolute atomic E-state index is 12.2. The second kappa shape index (κ2) is 4.87. The van der Waals surface area contributed by atoms with E-state index in [2.05, 4.69) is 14.7 Å². The van der Waals surface area contributed by atoms with Crippen LogP contribution in [-0.2, 0) is 16.6 Å². The first kappa shape index (κ1) is 12.7. The Bertz CT molecular complexity index is 605. The Balaban J connectivity index is 2.22. The van der Waals surface area contributed by atoms with Gasteiger partial charge in [-0.1, -0.05) is 22.9 Å². The van der Waals surface area contributed by atoms with E-state index in [-0.39, 0.29) is 11.4 Å². The Morgan fingerprint density at radius 2 is 1.94 bits per heavy atom. The molecule has 96 valence electrons. The second-order valence-electron chi connectivity index (χ2n) is 3.92. The van der Waals surface area contributed by atoms with Crippen LogP contribution in [0, 0.1) is 6.92 Å². The second-order valence-corrected chi connectivity index (χ2v) is 5.97. The van der Waals surface area contributed by atoms with Crippen LogP contribution in [0.3, 0.4) is 0 Å². The summed E-state index contributed by atoms with van der Waals surface area (Å²) in [7, 11) is -2.04. The van der Waals surface area contributed by atoms with E-state index in [0.717, 1.165) is 5.56 Å². The molecule has 2 rings (SSSR count). The third-order valence-corrected chi connectivity index (χ3v) is 4.32. The minimum absolute atomic E-state index is 0.0761. The monoisotopic (exact) mass is 267 g/mol. The SMILES string of the molecule is Cc1ccc(S(=O)(=O)N(C)Cc2ncon2)cc1. The highest BCUT2D eigenvalue weighted by molar-refractivity contribution is 7.89. The summed E-state index contributed by atoms with van der Waals surface area (Å²) >= 11 is 0. The topological polar surface area (TPSA) is 76.3 Å². The number of rotatable bonds is 4. The Labute approximate surface area is 105 Å². The normalized spacial score (nSPS) is 11.9. The molecule has 0 N–H and O–H groups in total. The van der Waals surface area contributed by atoms with Crippen LogP contribution in [0.1, 0.15) is 11.4 Å².